The third-order valence-corrected chi connectivity index (χ3v) is 5.01. The lowest BCUT2D eigenvalue weighted by atomic mass is 10.4. The van der Waals surface area contributed by atoms with E-state index in [9.17, 15) is 13.2 Å². The van der Waals surface area contributed by atoms with E-state index >= 15 is 0 Å². The molecule has 0 aliphatic heterocycles. The molecule has 0 radical (unpaired) electrons. The highest BCUT2D eigenvalue weighted by atomic mass is 79.9. The summed E-state index contributed by atoms with van der Waals surface area (Å²) in [5, 5.41) is 8.77. The van der Waals surface area contributed by atoms with Gasteiger partial charge in [0.05, 0.1) is 5.69 Å². The Balaban J connectivity index is 2.41. The molecule has 2 N–H and O–H groups in total. The molecule has 0 bridgehead atoms. The monoisotopic (exact) mass is 424 g/mol. The van der Waals surface area contributed by atoms with Crippen molar-refractivity contribution in [1.82, 2.24) is 4.98 Å². The topological polar surface area (TPSA) is 110 Å². The number of hydrogen-bond donors (Lipinski definition) is 2. The number of carboxylic acids is 1. The molecule has 2 rings (SSSR count). The Morgan fingerprint density at radius 3 is 2.65 bits per heavy atom. The van der Waals surface area contributed by atoms with Crippen molar-refractivity contribution < 1.29 is 22.7 Å². The Labute approximate surface area is 130 Å². The molecule has 0 fully saturated rings. The molecule has 0 atom stereocenters. The molecule has 7 nitrogen and oxygen atoms in total. The fraction of sp³-hybridized carbons (Fsp3) is 0. The first-order valence-corrected chi connectivity index (χ1v) is 8.04. The van der Waals surface area contributed by atoms with Crippen molar-refractivity contribution in [3.05, 3.63) is 39.4 Å². The van der Waals surface area contributed by atoms with Crippen molar-refractivity contribution in [1.29, 1.82) is 0 Å². The van der Waals surface area contributed by atoms with Crippen molar-refractivity contribution in [3.63, 3.8) is 0 Å². The van der Waals surface area contributed by atoms with Crippen LogP contribution in [0.2, 0.25) is 0 Å². The largest absolute Gasteiger partial charge is 0.475 e. The first-order valence-electron chi connectivity index (χ1n) is 4.97. The number of sulfonamides is 1. The highest BCUT2D eigenvalue weighted by molar-refractivity contribution is 9.10. The molecule has 2 aromatic rings. The van der Waals surface area contributed by atoms with Gasteiger partial charge in [-0.15, -0.1) is 0 Å². The van der Waals surface area contributed by atoms with Gasteiger partial charge < -0.3 is 9.52 Å². The van der Waals surface area contributed by atoms with Gasteiger partial charge in [-0.25, -0.2) is 18.2 Å². The second-order valence-corrected chi connectivity index (χ2v) is 6.62. The standard InChI is InChI=1S/C10H6Br2N2O5S/c11-8-5(2-1-3-13-8)14-20(17,18)7-4-6(10(15)16)19-9(7)12/h1-4,14H,(H,15,16). The Morgan fingerprint density at radius 1 is 1.40 bits per heavy atom. The Hall–Kier alpha value is -1.39. The minimum Gasteiger partial charge on any atom is -0.475 e. The number of anilines is 1. The van der Waals surface area contributed by atoms with Gasteiger partial charge in [-0.2, -0.15) is 0 Å². The van der Waals surface area contributed by atoms with E-state index in [0.29, 0.717) is 4.60 Å². The summed E-state index contributed by atoms with van der Waals surface area (Å²) in [5.41, 5.74) is 0.220. The van der Waals surface area contributed by atoms with Gasteiger partial charge in [0.2, 0.25) is 5.76 Å². The predicted octanol–water partition coefficient (Wildman–Crippen LogP) is 2.70. The van der Waals surface area contributed by atoms with Crippen LogP contribution in [0.1, 0.15) is 10.6 Å². The number of aromatic nitrogens is 1. The van der Waals surface area contributed by atoms with Crippen molar-refractivity contribution in [2.45, 2.75) is 4.90 Å². The van der Waals surface area contributed by atoms with Crippen LogP contribution in [0.15, 0.2) is 43.0 Å². The number of nitrogens with zero attached hydrogens (tertiary/aromatic N) is 1. The van der Waals surface area contributed by atoms with Crippen LogP contribution < -0.4 is 4.72 Å². The molecule has 20 heavy (non-hydrogen) atoms. The Morgan fingerprint density at radius 2 is 2.10 bits per heavy atom. The zero-order valence-corrected chi connectivity index (χ0v) is 13.5. The molecule has 0 amide bonds. The van der Waals surface area contributed by atoms with Crippen LogP contribution in [0.3, 0.4) is 0 Å². The quantitative estimate of drug-likeness (QED) is 0.728. The van der Waals surface area contributed by atoms with E-state index in [0.717, 1.165) is 6.07 Å². The molecule has 0 aliphatic rings. The lowest BCUT2D eigenvalue weighted by Gasteiger charge is -2.07. The number of hydrogen-bond acceptors (Lipinski definition) is 5. The van der Waals surface area contributed by atoms with Gasteiger partial charge in [0.25, 0.3) is 10.0 Å². The van der Waals surface area contributed by atoms with Gasteiger partial charge in [0, 0.05) is 12.3 Å². The maximum absolute atomic E-state index is 12.2. The minimum atomic E-state index is -4.00. The summed E-state index contributed by atoms with van der Waals surface area (Å²) in [6, 6.07) is 3.97. The Bertz CT molecular complexity index is 772. The fourth-order valence-electron chi connectivity index (χ4n) is 1.30. The molecule has 0 aliphatic carbocycles. The number of aromatic carboxylic acids is 1. The second-order valence-electron chi connectivity index (χ2n) is 3.50. The smallest absolute Gasteiger partial charge is 0.371 e. The maximum atomic E-state index is 12.2. The molecular weight excluding hydrogens is 420 g/mol. The van der Waals surface area contributed by atoms with E-state index in [1.165, 1.54) is 12.3 Å². The Kier molecular flexibility index (Phi) is 4.16. The highest BCUT2D eigenvalue weighted by Crippen LogP contribution is 2.29. The molecule has 0 saturated carbocycles. The SMILES string of the molecule is O=C(O)c1cc(S(=O)(=O)Nc2cccnc2Br)c(Br)o1. The van der Waals surface area contributed by atoms with E-state index in [4.69, 9.17) is 9.52 Å². The number of nitrogens with one attached hydrogen (secondary N) is 1. The van der Waals surface area contributed by atoms with Crippen LogP contribution in [0.5, 0.6) is 0 Å². The van der Waals surface area contributed by atoms with E-state index in [2.05, 4.69) is 41.6 Å². The maximum Gasteiger partial charge on any atom is 0.371 e. The second kappa shape index (κ2) is 5.54. The van der Waals surface area contributed by atoms with Crippen molar-refractivity contribution in [2.24, 2.45) is 0 Å². The molecule has 2 aromatic heterocycles. The van der Waals surface area contributed by atoms with Gasteiger partial charge in [-0.1, -0.05) is 0 Å². The van der Waals surface area contributed by atoms with E-state index in [-0.39, 0.29) is 15.3 Å². The van der Waals surface area contributed by atoms with Gasteiger partial charge >= 0.3 is 5.97 Å². The van der Waals surface area contributed by atoms with Crippen molar-refractivity contribution >= 4 is 53.5 Å². The van der Waals surface area contributed by atoms with Gasteiger partial charge in [0.15, 0.2) is 4.67 Å². The summed E-state index contributed by atoms with van der Waals surface area (Å²) in [7, 11) is -4.00. The minimum absolute atomic E-state index is 0.192. The molecular formula is C10H6Br2N2O5S. The lowest BCUT2D eigenvalue weighted by molar-refractivity contribution is 0.0661. The van der Waals surface area contributed by atoms with Crippen LogP contribution in [-0.2, 0) is 10.0 Å². The van der Waals surface area contributed by atoms with Crippen molar-refractivity contribution in [2.75, 3.05) is 4.72 Å². The third kappa shape index (κ3) is 3.02. The van der Waals surface area contributed by atoms with Gasteiger partial charge in [0.1, 0.15) is 9.50 Å². The van der Waals surface area contributed by atoms with E-state index in [1.807, 2.05) is 0 Å². The average molecular weight is 426 g/mol. The van der Waals surface area contributed by atoms with Crippen LogP contribution in [0.4, 0.5) is 5.69 Å². The first-order chi connectivity index (χ1) is 9.31. The summed E-state index contributed by atoms with van der Waals surface area (Å²) in [6.45, 7) is 0. The summed E-state index contributed by atoms with van der Waals surface area (Å²) in [5.74, 6) is -1.85. The third-order valence-electron chi connectivity index (χ3n) is 2.16. The number of furan rings is 1. The molecule has 106 valence electrons. The molecule has 0 unspecified atom stereocenters. The van der Waals surface area contributed by atoms with Crippen molar-refractivity contribution in [3.8, 4) is 0 Å². The van der Waals surface area contributed by atoms with Gasteiger partial charge in [-0.05, 0) is 44.0 Å². The molecule has 0 aromatic carbocycles. The van der Waals surface area contributed by atoms with Crippen LogP contribution in [0, 0.1) is 0 Å². The number of carboxylic acid groups (broad SMARTS) is 1. The number of halogens is 2. The zero-order chi connectivity index (χ0) is 14.9. The van der Waals surface area contributed by atoms with Gasteiger partial charge in [-0.3, -0.25) is 4.72 Å². The normalized spacial score (nSPS) is 11.3. The molecule has 2 heterocycles. The molecule has 0 saturated heterocycles. The number of carbonyl (C=O) groups is 1. The van der Waals surface area contributed by atoms with Crippen LogP contribution in [-0.4, -0.2) is 24.5 Å². The molecule has 0 spiro atoms. The number of rotatable bonds is 4. The number of pyridine rings is 1. The summed E-state index contributed by atoms with van der Waals surface area (Å²) >= 11 is 5.98. The zero-order valence-electron chi connectivity index (χ0n) is 9.50. The van der Waals surface area contributed by atoms with Crippen LogP contribution >= 0.6 is 31.9 Å². The van der Waals surface area contributed by atoms with E-state index in [1.54, 1.807) is 6.07 Å². The van der Waals surface area contributed by atoms with Crippen LogP contribution in [0.25, 0.3) is 0 Å². The predicted molar refractivity (Wildman–Crippen MR) is 76.1 cm³/mol. The molecule has 10 heteroatoms. The first kappa shape index (κ1) is 15.0. The fourth-order valence-corrected chi connectivity index (χ4v) is 3.79. The summed E-state index contributed by atoms with van der Waals surface area (Å²) in [4.78, 5) is 14.3. The lowest BCUT2D eigenvalue weighted by Crippen LogP contribution is -2.13. The summed E-state index contributed by atoms with van der Waals surface area (Å²) < 4.78 is 31.5. The summed E-state index contributed by atoms with van der Waals surface area (Å²) in [6.07, 6.45) is 1.48. The average Bonchev–Trinajstić information content (AvgIpc) is 2.75. The van der Waals surface area contributed by atoms with E-state index < -0.39 is 21.8 Å². The highest BCUT2D eigenvalue weighted by Gasteiger charge is 2.25.